The summed E-state index contributed by atoms with van der Waals surface area (Å²) in [5.41, 5.74) is 2.53. The fourth-order valence-electron chi connectivity index (χ4n) is 2.87. The average Bonchev–Trinajstić information content (AvgIpc) is 2.69. The van der Waals surface area contributed by atoms with Gasteiger partial charge >= 0.3 is 0 Å². The fraction of sp³-hybridized carbons (Fsp3) is 0.381. The first-order valence-corrected chi connectivity index (χ1v) is 11.1. The maximum absolute atomic E-state index is 12.3. The molecule has 0 radical (unpaired) electrons. The highest BCUT2D eigenvalue weighted by atomic mass is 32.2. The van der Waals surface area contributed by atoms with Crippen molar-refractivity contribution in [2.75, 3.05) is 31.3 Å². The Kier molecular flexibility index (Phi) is 7.50. The first-order valence-electron chi connectivity index (χ1n) is 9.26. The van der Waals surface area contributed by atoms with E-state index in [1.165, 1.54) is 11.4 Å². The van der Waals surface area contributed by atoms with Gasteiger partial charge in [-0.05, 0) is 54.8 Å². The Labute approximate surface area is 172 Å². The highest BCUT2D eigenvalue weighted by Gasteiger charge is 2.15. The van der Waals surface area contributed by atoms with E-state index < -0.39 is 10.0 Å². The molecule has 0 aliphatic heterocycles. The Balaban J connectivity index is 1.95. The monoisotopic (exact) mass is 420 g/mol. The van der Waals surface area contributed by atoms with E-state index in [0.717, 1.165) is 29.6 Å². The van der Waals surface area contributed by atoms with Crippen LogP contribution in [-0.4, -0.2) is 41.3 Å². The van der Waals surface area contributed by atoms with Gasteiger partial charge in [0.2, 0.25) is 10.0 Å². The highest BCUT2D eigenvalue weighted by molar-refractivity contribution is 7.92. The SMILES string of the molecule is CC[C@@H](NC(=O)COc1ccc(N(C)S(C)(=O)=O)cc1)c1ccc(OC)c(C)c1. The van der Waals surface area contributed by atoms with E-state index in [1.54, 1.807) is 31.4 Å². The lowest BCUT2D eigenvalue weighted by Crippen LogP contribution is -2.32. The minimum atomic E-state index is -3.32. The van der Waals surface area contributed by atoms with Gasteiger partial charge in [0.05, 0.1) is 25.1 Å². The molecule has 7 nitrogen and oxygen atoms in total. The van der Waals surface area contributed by atoms with E-state index >= 15 is 0 Å². The van der Waals surface area contributed by atoms with Gasteiger partial charge in [0.15, 0.2) is 6.61 Å². The average molecular weight is 421 g/mol. The second-order valence-electron chi connectivity index (χ2n) is 6.77. The molecule has 0 unspecified atom stereocenters. The van der Waals surface area contributed by atoms with Crippen LogP contribution in [0.15, 0.2) is 42.5 Å². The number of methoxy groups -OCH3 is 1. The van der Waals surface area contributed by atoms with Gasteiger partial charge in [0.1, 0.15) is 11.5 Å². The molecule has 2 rings (SSSR count). The minimum absolute atomic E-state index is 0.124. The number of hydrogen-bond acceptors (Lipinski definition) is 5. The zero-order valence-electron chi connectivity index (χ0n) is 17.4. The molecule has 0 fully saturated rings. The molecule has 158 valence electrons. The Bertz CT molecular complexity index is 942. The number of ether oxygens (including phenoxy) is 2. The molecule has 0 spiro atoms. The van der Waals surface area contributed by atoms with Crippen LogP contribution in [0.2, 0.25) is 0 Å². The molecule has 0 aliphatic carbocycles. The molecule has 1 amide bonds. The third-order valence-electron chi connectivity index (χ3n) is 4.63. The van der Waals surface area contributed by atoms with Crippen LogP contribution in [-0.2, 0) is 14.8 Å². The number of anilines is 1. The van der Waals surface area contributed by atoms with Crippen LogP contribution in [0.25, 0.3) is 0 Å². The van der Waals surface area contributed by atoms with E-state index in [9.17, 15) is 13.2 Å². The van der Waals surface area contributed by atoms with Gasteiger partial charge in [-0.25, -0.2) is 8.42 Å². The first-order chi connectivity index (χ1) is 13.7. The predicted molar refractivity (Wildman–Crippen MR) is 114 cm³/mol. The second kappa shape index (κ2) is 9.65. The minimum Gasteiger partial charge on any atom is -0.496 e. The van der Waals surface area contributed by atoms with Gasteiger partial charge in [-0.3, -0.25) is 9.10 Å². The summed E-state index contributed by atoms with van der Waals surface area (Å²) in [6.07, 6.45) is 1.88. The number of amides is 1. The molecule has 29 heavy (non-hydrogen) atoms. The lowest BCUT2D eigenvalue weighted by atomic mass is 10.0. The van der Waals surface area contributed by atoms with Crippen molar-refractivity contribution in [1.29, 1.82) is 0 Å². The van der Waals surface area contributed by atoms with Gasteiger partial charge in [0.25, 0.3) is 5.91 Å². The van der Waals surface area contributed by atoms with Crippen molar-refractivity contribution >= 4 is 21.6 Å². The number of nitrogens with one attached hydrogen (secondary N) is 1. The van der Waals surface area contributed by atoms with E-state index in [0.29, 0.717) is 11.4 Å². The molecule has 0 saturated carbocycles. The third-order valence-corrected chi connectivity index (χ3v) is 5.84. The summed E-state index contributed by atoms with van der Waals surface area (Å²) in [6, 6.07) is 12.2. The number of hydrogen-bond donors (Lipinski definition) is 1. The molecule has 1 N–H and O–H groups in total. The number of carbonyl (C=O) groups excluding carboxylic acids is 1. The normalized spacial score (nSPS) is 12.2. The zero-order valence-corrected chi connectivity index (χ0v) is 18.2. The number of sulfonamides is 1. The molecule has 1 atom stereocenters. The van der Waals surface area contributed by atoms with Crippen LogP contribution in [0.3, 0.4) is 0 Å². The Morgan fingerprint density at radius 1 is 1.17 bits per heavy atom. The quantitative estimate of drug-likeness (QED) is 0.674. The molecule has 2 aromatic rings. The molecule has 0 bridgehead atoms. The maximum atomic E-state index is 12.3. The maximum Gasteiger partial charge on any atom is 0.258 e. The molecule has 2 aromatic carbocycles. The van der Waals surface area contributed by atoms with Crippen molar-refractivity contribution in [3.05, 3.63) is 53.6 Å². The van der Waals surface area contributed by atoms with Gasteiger partial charge in [-0.2, -0.15) is 0 Å². The lowest BCUT2D eigenvalue weighted by Gasteiger charge is -2.19. The van der Waals surface area contributed by atoms with Crippen LogP contribution >= 0.6 is 0 Å². The van der Waals surface area contributed by atoms with Crippen LogP contribution < -0.4 is 19.1 Å². The smallest absolute Gasteiger partial charge is 0.258 e. The predicted octanol–water partition coefficient (Wildman–Crippen LogP) is 3.05. The van der Waals surface area contributed by atoms with Crippen LogP contribution in [0, 0.1) is 6.92 Å². The Hall–Kier alpha value is -2.74. The van der Waals surface area contributed by atoms with E-state index in [2.05, 4.69) is 5.32 Å². The van der Waals surface area contributed by atoms with Crippen molar-refractivity contribution in [3.8, 4) is 11.5 Å². The van der Waals surface area contributed by atoms with Gasteiger partial charge in [-0.1, -0.05) is 19.1 Å². The Morgan fingerprint density at radius 3 is 2.34 bits per heavy atom. The molecular weight excluding hydrogens is 392 g/mol. The molecule has 0 saturated heterocycles. The third kappa shape index (κ3) is 6.12. The topological polar surface area (TPSA) is 84.9 Å². The summed E-state index contributed by atoms with van der Waals surface area (Å²) in [7, 11) is -0.219. The summed E-state index contributed by atoms with van der Waals surface area (Å²) >= 11 is 0. The van der Waals surface area contributed by atoms with Crippen LogP contribution in [0.4, 0.5) is 5.69 Å². The van der Waals surface area contributed by atoms with Crippen molar-refractivity contribution in [1.82, 2.24) is 5.32 Å². The standard InChI is InChI=1S/C21H28N2O5S/c1-6-19(16-7-12-20(27-4)15(2)13-16)22-21(24)14-28-18-10-8-17(9-11-18)23(3)29(5,25)26/h7-13,19H,6,14H2,1-5H3,(H,22,24)/t19-/m1/s1. The van der Waals surface area contributed by atoms with Crippen molar-refractivity contribution in [3.63, 3.8) is 0 Å². The number of aryl methyl sites for hydroxylation is 1. The highest BCUT2D eigenvalue weighted by Crippen LogP contribution is 2.24. The van der Waals surface area contributed by atoms with Crippen molar-refractivity contribution in [2.45, 2.75) is 26.3 Å². The zero-order chi connectivity index (χ0) is 21.6. The van der Waals surface area contributed by atoms with Crippen molar-refractivity contribution in [2.24, 2.45) is 0 Å². The summed E-state index contributed by atoms with van der Waals surface area (Å²) in [4.78, 5) is 12.3. The summed E-state index contributed by atoms with van der Waals surface area (Å²) in [6.45, 7) is 3.83. The molecule has 0 heterocycles. The van der Waals surface area contributed by atoms with Crippen molar-refractivity contribution < 1.29 is 22.7 Å². The molecule has 0 aromatic heterocycles. The van der Waals surface area contributed by atoms with E-state index in [1.807, 2.05) is 32.0 Å². The second-order valence-corrected chi connectivity index (χ2v) is 8.78. The first kappa shape index (κ1) is 22.5. The molecule has 8 heteroatoms. The van der Waals surface area contributed by atoms with E-state index in [-0.39, 0.29) is 18.6 Å². The van der Waals surface area contributed by atoms with Gasteiger partial charge in [0, 0.05) is 7.05 Å². The Morgan fingerprint density at radius 2 is 1.83 bits per heavy atom. The van der Waals surface area contributed by atoms with E-state index in [4.69, 9.17) is 9.47 Å². The number of rotatable bonds is 9. The van der Waals surface area contributed by atoms with Gasteiger partial charge in [-0.15, -0.1) is 0 Å². The fourth-order valence-corrected chi connectivity index (χ4v) is 3.37. The summed E-state index contributed by atoms with van der Waals surface area (Å²) in [5.74, 6) is 1.06. The largest absolute Gasteiger partial charge is 0.496 e. The summed E-state index contributed by atoms with van der Waals surface area (Å²) in [5, 5.41) is 2.98. The number of benzene rings is 2. The molecule has 0 aliphatic rings. The van der Waals surface area contributed by atoms with Crippen LogP contribution in [0.5, 0.6) is 11.5 Å². The number of nitrogens with zero attached hydrogens (tertiary/aromatic N) is 1. The van der Waals surface area contributed by atoms with Gasteiger partial charge < -0.3 is 14.8 Å². The summed E-state index contributed by atoms with van der Waals surface area (Å²) < 4.78 is 35.1. The lowest BCUT2D eigenvalue weighted by molar-refractivity contribution is -0.123. The number of carbonyl (C=O) groups is 1. The molecular formula is C21H28N2O5S. The van der Waals surface area contributed by atoms with Crippen LogP contribution in [0.1, 0.15) is 30.5 Å².